The van der Waals surface area contributed by atoms with Crippen molar-refractivity contribution in [1.29, 1.82) is 0 Å². The van der Waals surface area contributed by atoms with Gasteiger partial charge in [-0.1, -0.05) is 30.9 Å². The second-order valence-electron chi connectivity index (χ2n) is 6.70. The van der Waals surface area contributed by atoms with Crippen molar-refractivity contribution >= 4 is 27.5 Å². The molecule has 1 aromatic carbocycles. The summed E-state index contributed by atoms with van der Waals surface area (Å²) in [5, 5.41) is 3.27. The molecular weight excluding hydrogens is 388 g/mol. The Morgan fingerprint density at radius 3 is 2.52 bits per heavy atom. The highest BCUT2D eigenvalue weighted by atomic mass is 35.5. The molecule has 1 aliphatic rings. The molecule has 1 aliphatic carbocycles. The van der Waals surface area contributed by atoms with Crippen LogP contribution in [-0.2, 0) is 19.6 Å². The third-order valence-electron chi connectivity index (χ3n) is 4.69. The summed E-state index contributed by atoms with van der Waals surface area (Å²) in [5.41, 5.74) is 0. The number of halogens is 1. The number of hydrogen-bond acceptors (Lipinski definition) is 4. The van der Waals surface area contributed by atoms with Crippen molar-refractivity contribution in [3.05, 3.63) is 29.3 Å². The van der Waals surface area contributed by atoms with Crippen molar-refractivity contribution < 1.29 is 17.9 Å². The first-order chi connectivity index (χ1) is 12.9. The summed E-state index contributed by atoms with van der Waals surface area (Å²) < 4.78 is 33.0. The Kier molecular flexibility index (Phi) is 9.02. The van der Waals surface area contributed by atoms with E-state index < -0.39 is 10.0 Å². The molecule has 6 nitrogen and oxygen atoms in total. The van der Waals surface area contributed by atoms with Crippen LogP contribution in [0.25, 0.3) is 0 Å². The molecule has 1 amide bonds. The Bertz CT molecular complexity index is 688. The maximum atomic E-state index is 13.2. The molecule has 1 fully saturated rings. The normalized spacial score (nSPS) is 15.8. The summed E-state index contributed by atoms with van der Waals surface area (Å²) in [6.45, 7) is 3.44. The molecule has 1 saturated carbocycles. The first-order valence-electron chi connectivity index (χ1n) is 9.57. The minimum atomic E-state index is -3.76. The Labute approximate surface area is 167 Å². The lowest BCUT2D eigenvalue weighted by molar-refractivity contribution is -0.121. The molecular formula is C19H29ClN2O4S. The van der Waals surface area contributed by atoms with Gasteiger partial charge in [-0.05, 0) is 50.5 Å². The molecule has 0 spiro atoms. The number of carbonyl (C=O) groups excluding carboxylic acids is 1. The van der Waals surface area contributed by atoms with Gasteiger partial charge in [0.1, 0.15) is 0 Å². The van der Waals surface area contributed by atoms with E-state index in [0.717, 1.165) is 32.1 Å². The molecule has 8 heteroatoms. The van der Waals surface area contributed by atoms with E-state index in [2.05, 4.69) is 5.32 Å². The molecule has 0 atom stereocenters. The fraction of sp³-hybridized carbons (Fsp3) is 0.632. The van der Waals surface area contributed by atoms with Crippen molar-refractivity contribution in [2.75, 3.05) is 26.3 Å². The van der Waals surface area contributed by atoms with E-state index in [1.807, 2.05) is 6.92 Å². The standard InChI is InChI=1S/C19H29ClN2O4S/c1-2-26-14-6-13-21-19(23)15-22(17-7-4-3-5-8-17)27(24,25)18-11-9-16(20)10-12-18/h9-12,17H,2-8,13-15H2,1H3,(H,21,23). The Balaban J connectivity index is 2.09. The first-order valence-corrected chi connectivity index (χ1v) is 11.4. The molecule has 0 saturated heterocycles. The third kappa shape index (κ3) is 6.75. The predicted octanol–water partition coefficient (Wildman–Crippen LogP) is 3.21. The SMILES string of the molecule is CCOCCCNC(=O)CN(C1CCCCC1)S(=O)(=O)c1ccc(Cl)cc1. The summed E-state index contributed by atoms with van der Waals surface area (Å²) in [4.78, 5) is 12.5. The number of amides is 1. The van der Waals surface area contributed by atoms with Crippen LogP contribution >= 0.6 is 11.6 Å². The minimum Gasteiger partial charge on any atom is -0.382 e. The number of nitrogens with zero attached hydrogens (tertiary/aromatic N) is 1. The van der Waals surface area contributed by atoms with Crippen LogP contribution in [0.2, 0.25) is 5.02 Å². The smallest absolute Gasteiger partial charge is 0.243 e. The van der Waals surface area contributed by atoms with E-state index in [0.29, 0.717) is 31.2 Å². The van der Waals surface area contributed by atoms with Crippen molar-refractivity contribution in [2.24, 2.45) is 0 Å². The van der Waals surface area contributed by atoms with Gasteiger partial charge in [0.25, 0.3) is 0 Å². The van der Waals surface area contributed by atoms with E-state index in [1.54, 1.807) is 12.1 Å². The zero-order valence-electron chi connectivity index (χ0n) is 15.8. The van der Waals surface area contributed by atoms with Crippen molar-refractivity contribution in [3.8, 4) is 0 Å². The molecule has 0 bridgehead atoms. The molecule has 0 heterocycles. The number of rotatable bonds is 10. The summed E-state index contributed by atoms with van der Waals surface area (Å²) >= 11 is 5.88. The second-order valence-corrected chi connectivity index (χ2v) is 9.02. The first kappa shape index (κ1) is 22.1. The van der Waals surface area contributed by atoms with Crippen molar-refractivity contribution in [1.82, 2.24) is 9.62 Å². The van der Waals surface area contributed by atoms with Gasteiger partial charge in [-0.3, -0.25) is 4.79 Å². The zero-order valence-corrected chi connectivity index (χ0v) is 17.4. The van der Waals surface area contributed by atoms with E-state index in [1.165, 1.54) is 16.4 Å². The zero-order chi connectivity index (χ0) is 19.7. The van der Waals surface area contributed by atoms with E-state index in [9.17, 15) is 13.2 Å². The molecule has 0 unspecified atom stereocenters. The largest absolute Gasteiger partial charge is 0.382 e. The molecule has 152 valence electrons. The van der Waals surface area contributed by atoms with Gasteiger partial charge in [0.15, 0.2) is 0 Å². The minimum absolute atomic E-state index is 0.145. The fourth-order valence-corrected chi connectivity index (χ4v) is 5.03. The molecule has 1 aromatic rings. The van der Waals surface area contributed by atoms with Crippen LogP contribution in [0, 0.1) is 0 Å². The summed E-state index contributed by atoms with van der Waals surface area (Å²) in [5.74, 6) is -0.283. The van der Waals surface area contributed by atoms with Gasteiger partial charge >= 0.3 is 0 Å². The highest BCUT2D eigenvalue weighted by molar-refractivity contribution is 7.89. The molecule has 27 heavy (non-hydrogen) atoms. The topological polar surface area (TPSA) is 75.7 Å². The van der Waals surface area contributed by atoms with Gasteiger partial charge in [0.2, 0.25) is 15.9 Å². The second kappa shape index (κ2) is 11.0. The number of ether oxygens (including phenoxy) is 1. The van der Waals surface area contributed by atoms with Crippen LogP contribution in [0.4, 0.5) is 0 Å². The number of nitrogens with one attached hydrogen (secondary N) is 1. The van der Waals surface area contributed by atoms with E-state index >= 15 is 0 Å². The number of benzene rings is 1. The summed E-state index contributed by atoms with van der Waals surface area (Å²) in [7, 11) is -3.76. The number of sulfonamides is 1. The quantitative estimate of drug-likeness (QED) is 0.594. The van der Waals surface area contributed by atoms with Crippen LogP contribution in [0.15, 0.2) is 29.2 Å². The molecule has 1 N–H and O–H groups in total. The maximum absolute atomic E-state index is 13.2. The van der Waals surface area contributed by atoms with Crippen molar-refractivity contribution in [3.63, 3.8) is 0 Å². The summed E-state index contributed by atoms with van der Waals surface area (Å²) in [6, 6.07) is 5.96. The Hall–Kier alpha value is -1.15. The number of hydrogen-bond donors (Lipinski definition) is 1. The van der Waals surface area contributed by atoms with Gasteiger partial charge in [-0.15, -0.1) is 0 Å². The lowest BCUT2D eigenvalue weighted by Crippen LogP contribution is -2.47. The van der Waals surface area contributed by atoms with Gasteiger partial charge in [0.05, 0.1) is 11.4 Å². The number of carbonyl (C=O) groups is 1. The van der Waals surface area contributed by atoms with Crippen molar-refractivity contribution in [2.45, 2.75) is 56.4 Å². The molecule has 0 aromatic heterocycles. The average molecular weight is 417 g/mol. The molecule has 0 aliphatic heterocycles. The lowest BCUT2D eigenvalue weighted by atomic mass is 9.95. The monoisotopic (exact) mass is 416 g/mol. The lowest BCUT2D eigenvalue weighted by Gasteiger charge is -2.33. The van der Waals surface area contributed by atoms with Crippen LogP contribution < -0.4 is 5.32 Å². The third-order valence-corrected chi connectivity index (χ3v) is 6.86. The van der Waals surface area contributed by atoms with Gasteiger partial charge in [-0.2, -0.15) is 4.31 Å². The predicted molar refractivity (Wildman–Crippen MR) is 106 cm³/mol. The van der Waals surface area contributed by atoms with Crippen LogP contribution in [0.1, 0.15) is 45.4 Å². The highest BCUT2D eigenvalue weighted by Crippen LogP contribution is 2.28. The molecule has 2 rings (SSSR count). The fourth-order valence-electron chi connectivity index (χ4n) is 3.27. The van der Waals surface area contributed by atoms with Crippen LogP contribution in [0.3, 0.4) is 0 Å². The summed E-state index contributed by atoms with van der Waals surface area (Å²) in [6.07, 6.45) is 5.33. The van der Waals surface area contributed by atoms with Gasteiger partial charge in [-0.25, -0.2) is 8.42 Å². The van der Waals surface area contributed by atoms with E-state index in [4.69, 9.17) is 16.3 Å². The van der Waals surface area contributed by atoms with Gasteiger partial charge in [0, 0.05) is 30.8 Å². The average Bonchev–Trinajstić information content (AvgIpc) is 2.67. The highest BCUT2D eigenvalue weighted by Gasteiger charge is 2.33. The Morgan fingerprint density at radius 1 is 1.22 bits per heavy atom. The Morgan fingerprint density at radius 2 is 1.89 bits per heavy atom. The van der Waals surface area contributed by atoms with Crippen LogP contribution in [-0.4, -0.2) is 51.0 Å². The van der Waals surface area contributed by atoms with Gasteiger partial charge < -0.3 is 10.1 Å². The van der Waals surface area contributed by atoms with Crippen LogP contribution in [0.5, 0.6) is 0 Å². The maximum Gasteiger partial charge on any atom is 0.243 e. The van der Waals surface area contributed by atoms with E-state index in [-0.39, 0.29) is 23.4 Å². The molecule has 0 radical (unpaired) electrons.